The lowest BCUT2D eigenvalue weighted by Crippen LogP contribution is -2.26. The molecule has 0 radical (unpaired) electrons. The Bertz CT molecular complexity index is 994. The average molecular weight is 377 g/mol. The number of methoxy groups -OCH3 is 1. The lowest BCUT2D eigenvalue weighted by atomic mass is 10.0. The van der Waals surface area contributed by atoms with Gasteiger partial charge in [0.1, 0.15) is 5.69 Å². The van der Waals surface area contributed by atoms with Crippen LogP contribution in [-0.4, -0.2) is 35.3 Å². The first kappa shape index (κ1) is 19.4. The van der Waals surface area contributed by atoms with Gasteiger partial charge in [0.15, 0.2) is 0 Å². The van der Waals surface area contributed by atoms with Crippen LogP contribution in [0.3, 0.4) is 0 Å². The first-order valence-electron chi connectivity index (χ1n) is 9.07. The van der Waals surface area contributed by atoms with E-state index < -0.39 is 0 Å². The van der Waals surface area contributed by atoms with Gasteiger partial charge in [-0.3, -0.25) is 9.59 Å². The zero-order valence-corrected chi connectivity index (χ0v) is 16.2. The molecule has 6 nitrogen and oxygen atoms in total. The van der Waals surface area contributed by atoms with Crippen molar-refractivity contribution in [3.05, 3.63) is 71.4 Å². The number of aryl methyl sites for hydroxylation is 2. The molecule has 0 aliphatic heterocycles. The second kappa shape index (κ2) is 8.52. The van der Waals surface area contributed by atoms with Crippen LogP contribution in [0.5, 0.6) is 0 Å². The van der Waals surface area contributed by atoms with Gasteiger partial charge in [0.25, 0.3) is 5.91 Å². The number of aromatic nitrogens is 2. The Morgan fingerprint density at radius 3 is 2.54 bits per heavy atom. The van der Waals surface area contributed by atoms with Crippen LogP contribution in [0.25, 0.3) is 16.9 Å². The maximum atomic E-state index is 12.8. The predicted molar refractivity (Wildman–Crippen MR) is 107 cm³/mol. The minimum absolute atomic E-state index is 0.119. The highest BCUT2D eigenvalue weighted by molar-refractivity contribution is 6.00. The summed E-state index contributed by atoms with van der Waals surface area (Å²) in [6.07, 6.45) is 1.84. The summed E-state index contributed by atoms with van der Waals surface area (Å²) in [6, 6.07) is 15.7. The van der Waals surface area contributed by atoms with E-state index in [2.05, 4.69) is 21.2 Å². The molecule has 0 aliphatic carbocycles. The predicted octanol–water partition coefficient (Wildman–Crippen LogP) is 3.45. The summed E-state index contributed by atoms with van der Waals surface area (Å²) in [6.45, 7) is 4.23. The summed E-state index contributed by atoms with van der Waals surface area (Å²) in [7, 11) is 1.33. The third-order valence-electron chi connectivity index (χ3n) is 4.46. The van der Waals surface area contributed by atoms with Gasteiger partial charge in [-0.05, 0) is 31.5 Å². The van der Waals surface area contributed by atoms with Gasteiger partial charge in [0.2, 0.25) is 0 Å². The Balaban J connectivity index is 1.98. The number of benzene rings is 2. The van der Waals surface area contributed by atoms with E-state index in [9.17, 15) is 9.59 Å². The van der Waals surface area contributed by atoms with E-state index in [1.807, 2.05) is 56.3 Å². The minimum Gasteiger partial charge on any atom is -0.469 e. The first-order valence-corrected chi connectivity index (χ1v) is 9.07. The van der Waals surface area contributed by atoms with Crippen molar-refractivity contribution in [2.75, 3.05) is 13.7 Å². The van der Waals surface area contributed by atoms with Crippen molar-refractivity contribution in [1.82, 2.24) is 15.1 Å². The van der Waals surface area contributed by atoms with Gasteiger partial charge in [0, 0.05) is 18.3 Å². The average Bonchev–Trinajstić information content (AvgIpc) is 3.13. The highest BCUT2D eigenvalue weighted by Gasteiger charge is 2.20. The molecule has 1 aromatic heterocycles. The molecule has 0 spiro atoms. The fourth-order valence-electron chi connectivity index (χ4n) is 3.01. The standard InChI is InChI=1S/C22H23N3O3/c1-15-9-10-18(16(2)13-15)21-19(22(27)23-12-11-20(26)28-3)14-25(24-21)17-7-5-4-6-8-17/h4-10,13-14H,11-12H2,1-3H3,(H,23,27). The van der Waals surface area contributed by atoms with Crippen molar-refractivity contribution >= 4 is 11.9 Å². The topological polar surface area (TPSA) is 73.2 Å². The fraction of sp³-hybridized carbons (Fsp3) is 0.227. The summed E-state index contributed by atoms with van der Waals surface area (Å²) in [5, 5.41) is 7.46. The Kier molecular flexibility index (Phi) is 5.89. The molecule has 0 saturated carbocycles. The summed E-state index contributed by atoms with van der Waals surface area (Å²) in [5.74, 6) is -0.643. The smallest absolute Gasteiger partial charge is 0.307 e. The largest absolute Gasteiger partial charge is 0.469 e. The maximum Gasteiger partial charge on any atom is 0.307 e. The van der Waals surface area contributed by atoms with Crippen molar-refractivity contribution in [2.45, 2.75) is 20.3 Å². The second-order valence-electron chi connectivity index (χ2n) is 6.57. The molecule has 3 rings (SSSR count). The van der Waals surface area contributed by atoms with Crippen LogP contribution in [0.4, 0.5) is 0 Å². The molecule has 0 unspecified atom stereocenters. The summed E-state index contributed by atoms with van der Waals surface area (Å²) >= 11 is 0. The molecule has 1 amide bonds. The molecule has 6 heteroatoms. The Labute approximate surface area is 164 Å². The summed E-state index contributed by atoms with van der Waals surface area (Å²) in [5.41, 5.74) is 5.02. The van der Waals surface area contributed by atoms with Crippen LogP contribution in [0.2, 0.25) is 0 Å². The normalized spacial score (nSPS) is 10.5. The lowest BCUT2D eigenvalue weighted by Gasteiger charge is -2.07. The molecule has 144 valence electrons. The number of carbonyl (C=O) groups excluding carboxylic acids is 2. The zero-order chi connectivity index (χ0) is 20.1. The monoisotopic (exact) mass is 377 g/mol. The van der Waals surface area contributed by atoms with E-state index in [1.54, 1.807) is 10.9 Å². The molecule has 0 bridgehead atoms. The minimum atomic E-state index is -0.366. The second-order valence-corrected chi connectivity index (χ2v) is 6.57. The number of carbonyl (C=O) groups is 2. The van der Waals surface area contributed by atoms with Gasteiger partial charge < -0.3 is 10.1 Å². The fourth-order valence-corrected chi connectivity index (χ4v) is 3.01. The number of nitrogens with zero attached hydrogens (tertiary/aromatic N) is 2. The Morgan fingerprint density at radius 1 is 1.11 bits per heavy atom. The third-order valence-corrected chi connectivity index (χ3v) is 4.46. The number of hydrogen-bond donors (Lipinski definition) is 1. The molecule has 28 heavy (non-hydrogen) atoms. The van der Waals surface area contributed by atoms with Crippen LogP contribution in [0, 0.1) is 13.8 Å². The summed E-state index contributed by atoms with van der Waals surface area (Å²) < 4.78 is 6.31. The molecular weight excluding hydrogens is 354 g/mol. The molecule has 0 fully saturated rings. The maximum absolute atomic E-state index is 12.8. The van der Waals surface area contributed by atoms with Crippen LogP contribution in [0.15, 0.2) is 54.7 Å². The number of amides is 1. The van der Waals surface area contributed by atoms with E-state index >= 15 is 0 Å². The van der Waals surface area contributed by atoms with Gasteiger partial charge in [-0.2, -0.15) is 5.10 Å². The van der Waals surface area contributed by atoms with Gasteiger partial charge in [-0.1, -0.05) is 42.0 Å². The number of para-hydroxylation sites is 1. The van der Waals surface area contributed by atoms with Gasteiger partial charge in [0.05, 0.1) is 24.8 Å². The number of hydrogen-bond acceptors (Lipinski definition) is 4. The Morgan fingerprint density at radius 2 is 1.86 bits per heavy atom. The SMILES string of the molecule is COC(=O)CCNC(=O)c1cn(-c2ccccc2)nc1-c1ccc(C)cc1C. The van der Waals surface area contributed by atoms with Gasteiger partial charge in [-0.15, -0.1) is 0 Å². The molecule has 3 aromatic rings. The van der Waals surface area contributed by atoms with Crippen molar-refractivity contribution in [1.29, 1.82) is 0 Å². The molecule has 1 heterocycles. The molecule has 1 N–H and O–H groups in total. The Hall–Kier alpha value is -3.41. The van der Waals surface area contributed by atoms with E-state index in [1.165, 1.54) is 7.11 Å². The van der Waals surface area contributed by atoms with Gasteiger partial charge in [-0.25, -0.2) is 4.68 Å². The van der Waals surface area contributed by atoms with Crippen LogP contribution < -0.4 is 5.32 Å². The molecule has 0 aliphatic rings. The van der Waals surface area contributed by atoms with E-state index in [0.717, 1.165) is 22.4 Å². The molecule has 0 saturated heterocycles. The highest BCUT2D eigenvalue weighted by atomic mass is 16.5. The van der Waals surface area contributed by atoms with E-state index in [4.69, 9.17) is 0 Å². The number of nitrogens with one attached hydrogen (secondary N) is 1. The van der Waals surface area contributed by atoms with Crippen molar-refractivity contribution in [3.8, 4) is 16.9 Å². The number of rotatable bonds is 6. The van der Waals surface area contributed by atoms with E-state index in [-0.39, 0.29) is 24.8 Å². The van der Waals surface area contributed by atoms with Crippen LogP contribution in [-0.2, 0) is 9.53 Å². The quantitative estimate of drug-likeness (QED) is 0.668. The third kappa shape index (κ3) is 4.28. The van der Waals surface area contributed by atoms with Crippen molar-refractivity contribution < 1.29 is 14.3 Å². The van der Waals surface area contributed by atoms with Gasteiger partial charge >= 0.3 is 5.97 Å². The number of esters is 1. The zero-order valence-electron chi connectivity index (χ0n) is 16.2. The summed E-state index contributed by atoms with van der Waals surface area (Å²) in [4.78, 5) is 24.1. The number of ether oxygens (including phenoxy) is 1. The van der Waals surface area contributed by atoms with Crippen LogP contribution in [0.1, 0.15) is 27.9 Å². The van der Waals surface area contributed by atoms with E-state index in [0.29, 0.717) is 11.3 Å². The van der Waals surface area contributed by atoms with Crippen LogP contribution >= 0.6 is 0 Å². The lowest BCUT2D eigenvalue weighted by molar-refractivity contribution is -0.140. The molecular formula is C22H23N3O3. The molecule has 2 aromatic carbocycles. The van der Waals surface area contributed by atoms with Crippen molar-refractivity contribution in [2.24, 2.45) is 0 Å². The van der Waals surface area contributed by atoms with Crippen molar-refractivity contribution in [3.63, 3.8) is 0 Å². The highest BCUT2D eigenvalue weighted by Crippen LogP contribution is 2.27. The molecule has 0 atom stereocenters. The first-order chi connectivity index (χ1) is 13.5.